The second kappa shape index (κ2) is 8.05. The monoisotopic (exact) mass is 381 g/mol. The van der Waals surface area contributed by atoms with Gasteiger partial charge in [0.1, 0.15) is 5.75 Å². The van der Waals surface area contributed by atoms with Gasteiger partial charge in [-0.25, -0.2) is 0 Å². The predicted molar refractivity (Wildman–Crippen MR) is 111 cm³/mol. The fraction of sp³-hybridized carbons (Fsp3) is 0.333. The first-order valence-corrected chi connectivity index (χ1v) is 10.3. The van der Waals surface area contributed by atoms with Gasteiger partial charge in [0, 0.05) is 30.1 Å². The zero-order valence-electron chi connectivity index (χ0n) is 15.4. The molecule has 0 radical (unpaired) electrons. The van der Waals surface area contributed by atoms with E-state index < -0.39 is 0 Å². The van der Waals surface area contributed by atoms with Gasteiger partial charge in [-0.2, -0.15) is 0 Å². The van der Waals surface area contributed by atoms with Crippen LogP contribution in [0, 0.1) is 0 Å². The second-order valence-corrected chi connectivity index (χ2v) is 7.74. The van der Waals surface area contributed by atoms with Gasteiger partial charge in [-0.1, -0.05) is 30.8 Å². The van der Waals surface area contributed by atoms with Crippen LogP contribution in [0.1, 0.15) is 35.3 Å². The lowest BCUT2D eigenvalue weighted by atomic mass is 10.1. The maximum atomic E-state index is 12.5. The van der Waals surface area contributed by atoms with Gasteiger partial charge in [0.25, 0.3) is 5.91 Å². The Morgan fingerprint density at radius 3 is 2.93 bits per heavy atom. The Kier molecular flexibility index (Phi) is 5.34. The number of ether oxygens (including phenoxy) is 1. The molecule has 1 atom stereocenters. The number of anilines is 1. The molecule has 2 aliphatic rings. The quantitative estimate of drug-likeness (QED) is 0.815. The number of nitrogens with one attached hydrogen (secondary N) is 1. The number of rotatable bonds is 6. The van der Waals surface area contributed by atoms with Crippen LogP contribution in [-0.2, 0) is 0 Å². The van der Waals surface area contributed by atoms with Crippen molar-refractivity contribution >= 4 is 28.5 Å². The Morgan fingerprint density at radius 2 is 2.15 bits per heavy atom. The highest BCUT2D eigenvalue weighted by Gasteiger charge is 2.30. The fourth-order valence-electron chi connectivity index (χ4n) is 3.23. The van der Waals surface area contributed by atoms with Crippen LogP contribution in [0.4, 0.5) is 5.69 Å². The van der Waals surface area contributed by atoms with E-state index in [0.717, 1.165) is 47.4 Å². The molecular weight excluding hydrogens is 358 g/mol. The molecule has 1 fully saturated rings. The molecule has 1 unspecified atom stereocenters. The van der Waals surface area contributed by atoms with Gasteiger partial charge in [-0.05, 0) is 48.4 Å². The van der Waals surface area contributed by atoms with Crippen molar-refractivity contribution in [1.29, 1.82) is 0 Å². The molecule has 27 heavy (non-hydrogen) atoms. The molecule has 0 aromatic heterocycles. The summed E-state index contributed by atoms with van der Waals surface area (Å²) in [5.74, 6) is 1.79. The highest BCUT2D eigenvalue weighted by Crippen LogP contribution is 2.33. The normalized spacial score (nSPS) is 18.2. The molecule has 2 aromatic rings. The minimum absolute atomic E-state index is 0.122. The Hall–Kier alpha value is -2.47. The number of aliphatic imine (C=N–C) groups is 1. The van der Waals surface area contributed by atoms with Crippen molar-refractivity contribution in [3.05, 3.63) is 59.7 Å². The Morgan fingerprint density at radius 1 is 1.30 bits per heavy atom. The van der Waals surface area contributed by atoms with Crippen molar-refractivity contribution in [2.24, 2.45) is 4.99 Å². The molecule has 6 heteroatoms. The van der Waals surface area contributed by atoms with Crippen LogP contribution in [0.3, 0.4) is 0 Å². The molecule has 1 saturated heterocycles. The van der Waals surface area contributed by atoms with Gasteiger partial charge in [0.05, 0.1) is 12.6 Å². The summed E-state index contributed by atoms with van der Waals surface area (Å²) in [5.41, 5.74) is 2.55. The van der Waals surface area contributed by atoms with Crippen molar-refractivity contribution < 1.29 is 9.53 Å². The van der Waals surface area contributed by atoms with E-state index in [9.17, 15) is 4.79 Å². The average molecular weight is 382 g/mol. The van der Waals surface area contributed by atoms with Crippen LogP contribution in [0.5, 0.6) is 5.75 Å². The number of hydrogen-bond acceptors (Lipinski definition) is 5. The first-order valence-electron chi connectivity index (χ1n) is 9.32. The van der Waals surface area contributed by atoms with Gasteiger partial charge < -0.3 is 15.0 Å². The molecule has 5 nitrogen and oxygen atoms in total. The third-order valence-corrected chi connectivity index (χ3v) is 5.65. The number of thioether (sulfide) groups is 1. The minimum atomic E-state index is -0.122. The molecule has 140 valence electrons. The maximum absolute atomic E-state index is 12.5. The first kappa shape index (κ1) is 17.9. The average Bonchev–Trinajstić information content (AvgIpc) is 3.29. The summed E-state index contributed by atoms with van der Waals surface area (Å²) in [7, 11) is 0. The summed E-state index contributed by atoms with van der Waals surface area (Å²) in [6.45, 7) is 4.75. The summed E-state index contributed by atoms with van der Waals surface area (Å²) in [5, 5.41) is 4.14. The van der Waals surface area contributed by atoms with Gasteiger partial charge in [-0.3, -0.25) is 9.79 Å². The van der Waals surface area contributed by atoms with E-state index in [0.29, 0.717) is 12.2 Å². The Labute approximate surface area is 163 Å². The number of carbonyl (C=O) groups is 1. The number of amidine groups is 1. The summed E-state index contributed by atoms with van der Waals surface area (Å²) in [6, 6.07) is 15.4. The Bertz CT molecular complexity index is 851. The van der Waals surface area contributed by atoms with E-state index in [1.807, 2.05) is 42.1 Å². The van der Waals surface area contributed by atoms with Crippen LogP contribution < -0.4 is 10.1 Å². The minimum Gasteiger partial charge on any atom is -0.494 e. The topological polar surface area (TPSA) is 53.9 Å². The van der Waals surface area contributed by atoms with E-state index >= 15 is 0 Å². The zero-order valence-corrected chi connectivity index (χ0v) is 16.2. The molecule has 0 aliphatic carbocycles. The van der Waals surface area contributed by atoms with E-state index in [2.05, 4.69) is 23.2 Å². The first-order chi connectivity index (χ1) is 13.2. The summed E-state index contributed by atoms with van der Waals surface area (Å²) in [4.78, 5) is 19.7. The largest absolute Gasteiger partial charge is 0.494 e. The molecule has 4 rings (SSSR count). The SMILES string of the molecule is CCCOc1ccc(C(=O)Nc2cccc(C3CN4CCSC4=N3)c2)cc1. The number of hydrogen-bond donors (Lipinski definition) is 1. The van der Waals surface area contributed by atoms with Gasteiger partial charge in [0.15, 0.2) is 5.17 Å². The van der Waals surface area contributed by atoms with E-state index in [-0.39, 0.29) is 11.9 Å². The van der Waals surface area contributed by atoms with Crippen LogP contribution in [0.2, 0.25) is 0 Å². The van der Waals surface area contributed by atoms with Crippen LogP contribution in [0.15, 0.2) is 53.5 Å². The lowest BCUT2D eigenvalue weighted by Crippen LogP contribution is -2.21. The van der Waals surface area contributed by atoms with Gasteiger partial charge >= 0.3 is 0 Å². The van der Waals surface area contributed by atoms with Crippen molar-refractivity contribution in [1.82, 2.24) is 4.90 Å². The van der Waals surface area contributed by atoms with E-state index in [4.69, 9.17) is 9.73 Å². The number of benzene rings is 2. The molecule has 2 aromatic carbocycles. The number of nitrogens with zero attached hydrogens (tertiary/aromatic N) is 2. The summed E-state index contributed by atoms with van der Waals surface area (Å²) in [6.07, 6.45) is 0.960. The highest BCUT2D eigenvalue weighted by molar-refractivity contribution is 8.14. The zero-order chi connectivity index (χ0) is 18.6. The molecule has 1 amide bonds. The van der Waals surface area contributed by atoms with Crippen LogP contribution in [0.25, 0.3) is 0 Å². The lowest BCUT2D eigenvalue weighted by molar-refractivity contribution is 0.102. The molecular formula is C21H23N3O2S. The number of amides is 1. The predicted octanol–water partition coefficient (Wildman–Crippen LogP) is 4.19. The highest BCUT2D eigenvalue weighted by atomic mass is 32.2. The summed E-state index contributed by atoms with van der Waals surface area (Å²) < 4.78 is 5.56. The molecule has 0 saturated carbocycles. The van der Waals surface area contributed by atoms with Gasteiger partial charge in [0.2, 0.25) is 0 Å². The van der Waals surface area contributed by atoms with E-state index in [1.165, 1.54) is 0 Å². The number of fused-ring (bicyclic) bond motifs is 1. The number of carbonyl (C=O) groups excluding carboxylic acids is 1. The van der Waals surface area contributed by atoms with Crippen LogP contribution >= 0.6 is 11.8 Å². The van der Waals surface area contributed by atoms with E-state index in [1.54, 1.807) is 12.1 Å². The van der Waals surface area contributed by atoms with Crippen molar-refractivity contribution in [2.45, 2.75) is 19.4 Å². The molecule has 0 spiro atoms. The van der Waals surface area contributed by atoms with Crippen molar-refractivity contribution in [3.63, 3.8) is 0 Å². The Balaban J connectivity index is 1.42. The second-order valence-electron chi connectivity index (χ2n) is 6.67. The fourth-order valence-corrected chi connectivity index (χ4v) is 4.28. The smallest absolute Gasteiger partial charge is 0.255 e. The van der Waals surface area contributed by atoms with Crippen LogP contribution in [-0.4, -0.2) is 41.4 Å². The van der Waals surface area contributed by atoms with Crippen molar-refractivity contribution in [3.8, 4) is 5.75 Å². The maximum Gasteiger partial charge on any atom is 0.255 e. The van der Waals surface area contributed by atoms with Gasteiger partial charge in [-0.15, -0.1) is 0 Å². The van der Waals surface area contributed by atoms with Crippen molar-refractivity contribution in [2.75, 3.05) is 30.8 Å². The standard InChI is InChI=1S/C21H23N3O2S/c1-2-11-26-18-8-6-15(7-9-18)20(25)22-17-5-3-4-16(13-17)19-14-24-10-12-27-21(24)23-19/h3-9,13,19H,2,10-12,14H2,1H3,(H,22,25). The molecule has 0 bridgehead atoms. The lowest BCUT2D eigenvalue weighted by Gasteiger charge is -2.14. The third kappa shape index (κ3) is 4.11. The molecule has 1 N–H and O–H groups in total. The molecule has 2 heterocycles. The third-order valence-electron chi connectivity index (χ3n) is 4.64. The summed E-state index contributed by atoms with van der Waals surface area (Å²) >= 11 is 1.83. The molecule has 2 aliphatic heterocycles.